The topological polar surface area (TPSA) is 103 Å². The molecule has 5 heterocycles. The van der Waals surface area contributed by atoms with Gasteiger partial charge >= 0.3 is 6.09 Å². The van der Waals surface area contributed by atoms with Crippen LogP contribution in [0.15, 0.2) is 61.3 Å². The van der Waals surface area contributed by atoms with Crippen molar-refractivity contribution < 1.29 is 18.3 Å². The molecule has 1 atom stereocenters. The predicted octanol–water partition coefficient (Wildman–Crippen LogP) is 3.56. The molecule has 4 aromatic heterocycles. The number of ether oxygens (including phenoxy) is 1. The van der Waals surface area contributed by atoms with Gasteiger partial charge in [-0.05, 0) is 35.9 Å². The Morgan fingerprint density at radius 1 is 1.03 bits per heavy atom. The second kappa shape index (κ2) is 7.94. The first kappa shape index (κ1) is 20.8. The fraction of sp³-hybridized carbons (Fsp3) is 0.130. The number of halogens is 2. The SMILES string of the molecule is Cn1ncnc1-c1ccc(-c2cnn3ccc(N4C(=O)OC[C@@H]4c4ccc(F)cn4)nc23)cc1F. The van der Waals surface area contributed by atoms with Gasteiger partial charge in [-0.15, -0.1) is 0 Å². The lowest BCUT2D eigenvalue weighted by atomic mass is 10.1. The van der Waals surface area contributed by atoms with Gasteiger partial charge in [-0.2, -0.15) is 10.2 Å². The van der Waals surface area contributed by atoms with Crippen LogP contribution in [-0.2, 0) is 11.8 Å². The van der Waals surface area contributed by atoms with Gasteiger partial charge in [0.05, 0.1) is 23.7 Å². The molecule has 1 aliphatic heterocycles. The summed E-state index contributed by atoms with van der Waals surface area (Å²) < 4.78 is 36.6. The van der Waals surface area contributed by atoms with Crippen LogP contribution >= 0.6 is 0 Å². The van der Waals surface area contributed by atoms with Crippen molar-refractivity contribution in [3.8, 4) is 22.5 Å². The second-order valence-corrected chi connectivity index (χ2v) is 7.88. The number of benzene rings is 1. The minimum atomic E-state index is -0.599. The van der Waals surface area contributed by atoms with E-state index in [1.54, 1.807) is 37.6 Å². The summed E-state index contributed by atoms with van der Waals surface area (Å²) in [5, 5.41) is 8.28. The molecule has 0 spiro atoms. The van der Waals surface area contributed by atoms with Gasteiger partial charge in [-0.3, -0.25) is 4.98 Å². The summed E-state index contributed by atoms with van der Waals surface area (Å²) in [6, 6.07) is 8.56. The molecular formula is C23H16F2N8O2. The van der Waals surface area contributed by atoms with Crippen LogP contribution in [0.2, 0.25) is 0 Å². The molecule has 0 bridgehead atoms. The summed E-state index contributed by atoms with van der Waals surface area (Å²) in [6.07, 6.45) is 5.06. The molecule has 1 aliphatic rings. The number of nitrogens with zero attached hydrogens (tertiary/aromatic N) is 8. The zero-order valence-corrected chi connectivity index (χ0v) is 18.2. The second-order valence-electron chi connectivity index (χ2n) is 7.88. The van der Waals surface area contributed by atoms with Gasteiger partial charge in [-0.25, -0.2) is 37.6 Å². The Morgan fingerprint density at radius 3 is 2.66 bits per heavy atom. The number of rotatable bonds is 4. The monoisotopic (exact) mass is 474 g/mol. The number of aromatic nitrogens is 7. The molecule has 6 rings (SSSR count). The molecule has 0 aliphatic carbocycles. The van der Waals surface area contributed by atoms with Gasteiger partial charge in [0.25, 0.3) is 0 Å². The molecule has 35 heavy (non-hydrogen) atoms. The molecule has 0 radical (unpaired) electrons. The summed E-state index contributed by atoms with van der Waals surface area (Å²) >= 11 is 0. The lowest BCUT2D eigenvalue weighted by Crippen LogP contribution is -2.28. The normalized spacial score (nSPS) is 15.7. The van der Waals surface area contributed by atoms with Crippen molar-refractivity contribution >= 4 is 17.6 Å². The molecule has 0 saturated carbocycles. The molecular weight excluding hydrogens is 458 g/mol. The van der Waals surface area contributed by atoms with E-state index in [1.807, 2.05) is 0 Å². The van der Waals surface area contributed by atoms with Crippen molar-refractivity contribution in [1.29, 1.82) is 0 Å². The third kappa shape index (κ3) is 3.46. The van der Waals surface area contributed by atoms with Crippen LogP contribution in [0, 0.1) is 11.6 Å². The van der Waals surface area contributed by atoms with Gasteiger partial charge < -0.3 is 4.74 Å². The van der Waals surface area contributed by atoms with Crippen LogP contribution in [0.1, 0.15) is 11.7 Å². The van der Waals surface area contributed by atoms with Gasteiger partial charge in [0.2, 0.25) is 0 Å². The van der Waals surface area contributed by atoms with E-state index in [4.69, 9.17) is 4.74 Å². The van der Waals surface area contributed by atoms with Gasteiger partial charge in [0, 0.05) is 18.8 Å². The highest BCUT2D eigenvalue weighted by Crippen LogP contribution is 2.33. The maximum Gasteiger partial charge on any atom is 0.416 e. The van der Waals surface area contributed by atoms with Gasteiger partial charge in [-0.1, -0.05) is 6.07 Å². The van der Waals surface area contributed by atoms with Crippen molar-refractivity contribution in [2.24, 2.45) is 7.05 Å². The number of cyclic esters (lactones) is 1. The zero-order valence-electron chi connectivity index (χ0n) is 18.2. The summed E-state index contributed by atoms with van der Waals surface area (Å²) in [5.74, 6) is -0.248. The van der Waals surface area contributed by atoms with Crippen molar-refractivity contribution in [1.82, 2.24) is 34.3 Å². The van der Waals surface area contributed by atoms with Crippen LogP contribution < -0.4 is 4.90 Å². The number of amides is 1. The molecule has 5 aromatic rings. The van der Waals surface area contributed by atoms with E-state index < -0.39 is 23.8 Å². The van der Waals surface area contributed by atoms with Crippen molar-refractivity contribution in [2.45, 2.75) is 6.04 Å². The Labute approximate surface area is 196 Å². The van der Waals surface area contributed by atoms with E-state index in [2.05, 4.69) is 25.1 Å². The number of carbonyl (C=O) groups excluding carboxylic acids is 1. The van der Waals surface area contributed by atoms with E-state index in [0.29, 0.717) is 39.7 Å². The maximum absolute atomic E-state index is 15.0. The predicted molar refractivity (Wildman–Crippen MR) is 119 cm³/mol. The van der Waals surface area contributed by atoms with Crippen LogP contribution in [-0.4, -0.2) is 47.0 Å². The number of hydrogen-bond acceptors (Lipinski definition) is 7. The highest BCUT2D eigenvalue weighted by molar-refractivity contribution is 5.90. The minimum Gasteiger partial charge on any atom is -0.446 e. The third-order valence-corrected chi connectivity index (χ3v) is 5.80. The summed E-state index contributed by atoms with van der Waals surface area (Å²) in [5.41, 5.74) is 2.31. The Kier molecular flexibility index (Phi) is 4.73. The first-order chi connectivity index (χ1) is 17.0. The third-order valence-electron chi connectivity index (χ3n) is 5.80. The number of hydrogen-bond donors (Lipinski definition) is 0. The zero-order chi connectivity index (χ0) is 24.1. The smallest absolute Gasteiger partial charge is 0.416 e. The van der Waals surface area contributed by atoms with Crippen molar-refractivity contribution in [3.05, 3.63) is 78.6 Å². The lowest BCUT2D eigenvalue weighted by Gasteiger charge is -2.20. The quantitative estimate of drug-likeness (QED) is 0.392. The molecule has 1 saturated heterocycles. The van der Waals surface area contributed by atoms with E-state index in [1.165, 1.54) is 38.6 Å². The summed E-state index contributed by atoms with van der Waals surface area (Å²) in [6.45, 7) is 0.0468. The highest BCUT2D eigenvalue weighted by atomic mass is 19.1. The van der Waals surface area contributed by atoms with Gasteiger partial charge in [0.15, 0.2) is 11.5 Å². The first-order valence-corrected chi connectivity index (χ1v) is 10.6. The largest absolute Gasteiger partial charge is 0.446 e. The van der Waals surface area contributed by atoms with Crippen LogP contribution in [0.5, 0.6) is 0 Å². The number of carbonyl (C=O) groups is 1. The number of pyridine rings is 1. The molecule has 1 fully saturated rings. The van der Waals surface area contributed by atoms with E-state index in [9.17, 15) is 13.6 Å². The molecule has 0 unspecified atom stereocenters. The first-order valence-electron chi connectivity index (χ1n) is 10.6. The number of fused-ring (bicyclic) bond motifs is 1. The van der Waals surface area contributed by atoms with Gasteiger partial charge in [0.1, 0.15) is 36.4 Å². The van der Waals surface area contributed by atoms with Crippen molar-refractivity contribution in [3.63, 3.8) is 0 Å². The van der Waals surface area contributed by atoms with E-state index in [-0.39, 0.29) is 6.61 Å². The Morgan fingerprint density at radius 2 is 1.91 bits per heavy atom. The molecule has 1 aromatic carbocycles. The molecule has 1 amide bonds. The summed E-state index contributed by atoms with van der Waals surface area (Å²) in [7, 11) is 1.69. The maximum atomic E-state index is 15.0. The average molecular weight is 474 g/mol. The van der Waals surface area contributed by atoms with Crippen LogP contribution in [0.25, 0.3) is 28.2 Å². The highest BCUT2D eigenvalue weighted by Gasteiger charge is 2.37. The Bertz CT molecular complexity index is 1580. The average Bonchev–Trinajstić information content (AvgIpc) is 3.57. The van der Waals surface area contributed by atoms with Crippen LogP contribution in [0.4, 0.5) is 19.4 Å². The molecule has 12 heteroatoms. The Hall–Kier alpha value is -4.74. The number of aryl methyl sites for hydroxylation is 1. The fourth-order valence-corrected chi connectivity index (χ4v) is 4.08. The Balaban J connectivity index is 1.40. The molecule has 0 N–H and O–H groups in total. The fourth-order valence-electron chi connectivity index (χ4n) is 4.08. The summed E-state index contributed by atoms with van der Waals surface area (Å²) in [4.78, 5) is 26.7. The van der Waals surface area contributed by atoms with Crippen LogP contribution in [0.3, 0.4) is 0 Å². The lowest BCUT2D eigenvalue weighted by molar-refractivity contribution is 0.178. The number of anilines is 1. The minimum absolute atomic E-state index is 0.0468. The van der Waals surface area contributed by atoms with E-state index >= 15 is 0 Å². The standard InChI is InChI=1S/C23H16F2N8O2/c1-31-21(27-12-29-31)15-4-2-13(8-17(15)25)16-10-28-32-7-6-20(30-22(16)32)33-19(11-35-23(33)34)18-5-3-14(24)9-26-18/h2-10,12,19H,11H2,1H3/t19-/m1/s1. The van der Waals surface area contributed by atoms with E-state index in [0.717, 1.165) is 6.20 Å². The van der Waals surface area contributed by atoms with Crippen molar-refractivity contribution in [2.75, 3.05) is 11.5 Å². The molecule has 10 nitrogen and oxygen atoms in total. The molecule has 174 valence electrons.